The van der Waals surface area contributed by atoms with E-state index in [0.717, 1.165) is 46.5 Å². The van der Waals surface area contributed by atoms with Crippen molar-refractivity contribution in [2.24, 2.45) is 0 Å². The van der Waals surface area contributed by atoms with E-state index in [1.54, 1.807) is 16.7 Å². The fourth-order valence-electron chi connectivity index (χ4n) is 4.28. The zero-order chi connectivity index (χ0) is 23.7. The molecule has 176 valence electrons. The van der Waals surface area contributed by atoms with Crippen LogP contribution in [0.4, 0.5) is 5.69 Å². The van der Waals surface area contributed by atoms with Gasteiger partial charge in [-0.1, -0.05) is 11.6 Å². The molecule has 1 aliphatic rings. The molecule has 34 heavy (non-hydrogen) atoms. The Kier molecular flexibility index (Phi) is 6.30. The van der Waals surface area contributed by atoms with Crippen molar-refractivity contribution in [1.29, 1.82) is 0 Å². The number of aromatic nitrogens is 3. The average molecular weight is 479 g/mol. The van der Waals surface area contributed by atoms with Crippen molar-refractivity contribution in [1.82, 2.24) is 14.5 Å². The molecule has 5 rings (SSSR count). The molecule has 8 heteroatoms. The number of morpholine rings is 1. The summed E-state index contributed by atoms with van der Waals surface area (Å²) in [5.41, 5.74) is 4.48. The molecule has 1 saturated heterocycles. The minimum absolute atomic E-state index is 0.0442. The Bertz CT molecular complexity index is 1370. The number of rotatable bonds is 6. The number of nitrogens with zero attached hydrogens (tertiary/aromatic N) is 3. The van der Waals surface area contributed by atoms with Gasteiger partial charge in [0.15, 0.2) is 0 Å². The lowest BCUT2D eigenvalue weighted by molar-refractivity contribution is 0.122. The molecule has 0 unspecified atom stereocenters. The Morgan fingerprint density at radius 3 is 2.76 bits per heavy atom. The van der Waals surface area contributed by atoms with Crippen LogP contribution in [0.25, 0.3) is 22.2 Å². The first-order valence-corrected chi connectivity index (χ1v) is 11.8. The lowest BCUT2D eigenvalue weighted by atomic mass is 10.1. The molecular formula is C26H27ClN4O3. The zero-order valence-electron chi connectivity index (χ0n) is 19.3. The predicted molar refractivity (Wildman–Crippen MR) is 135 cm³/mol. The number of H-pyrrole nitrogens is 1. The van der Waals surface area contributed by atoms with Crippen molar-refractivity contribution >= 4 is 28.3 Å². The van der Waals surface area contributed by atoms with Crippen LogP contribution in [0.3, 0.4) is 0 Å². The lowest BCUT2D eigenvalue weighted by Gasteiger charge is -2.28. The van der Waals surface area contributed by atoms with Gasteiger partial charge >= 0.3 is 0 Å². The Morgan fingerprint density at radius 2 is 2.00 bits per heavy atom. The van der Waals surface area contributed by atoms with Crippen molar-refractivity contribution < 1.29 is 9.47 Å². The summed E-state index contributed by atoms with van der Waals surface area (Å²) in [4.78, 5) is 23.1. The summed E-state index contributed by atoms with van der Waals surface area (Å²) < 4.78 is 12.9. The van der Waals surface area contributed by atoms with E-state index in [4.69, 9.17) is 21.1 Å². The number of hydrogen-bond donors (Lipinski definition) is 1. The molecular weight excluding hydrogens is 452 g/mol. The third-order valence-corrected chi connectivity index (χ3v) is 6.07. The molecule has 1 aliphatic heterocycles. The van der Waals surface area contributed by atoms with Crippen LogP contribution in [0.2, 0.25) is 5.02 Å². The van der Waals surface area contributed by atoms with Gasteiger partial charge in [0.1, 0.15) is 11.4 Å². The first-order valence-electron chi connectivity index (χ1n) is 11.4. The van der Waals surface area contributed by atoms with Gasteiger partial charge in [0, 0.05) is 47.5 Å². The second kappa shape index (κ2) is 9.52. The van der Waals surface area contributed by atoms with Crippen molar-refractivity contribution in [3.8, 4) is 16.9 Å². The summed E-state index contributed by atoms with van der Waals surface area (Å²) in [5, 5.41) is 1.58. The third kappa shape index (κ3) is 4.81. The van der Waals surface area contributed by atoms with Crippen molar-refractivity contribution in [2.45, 2.75) is 26.5 Å². The van der Waals surface area contributed by atoms with Crippen LogP contribution in [-0.4, -0.2) is 46.9 Å². The predicted octanol–water partition coefficient (Wildman–Crippen LogP) is 4.72. The van der Waals surface area contributed by atoms with Gasteiger partial charge in [-0.3, -0.25) is 4.79 Å². The lowest BCUT2D eigenvalue weighted by Crippen LogP contribution is -2.36. The quantitative estimate of drug-likeness (QED) is 0.434. The first kappa shape index (κ1) is 22.5. The number of halogens is 1. The van der Waals surface area contributed by atoms with Gasteiger partial charge in [0.05, 0.1) is 37.7 Å². The van der Waals surface area contributed by atoms with Gasteiger partial charge in [-0.25, -0.2) is 4.98 Å². The number of fused-ring (bicyclic) bond motifs is 1. The Morgan fingerprint density at radius 1 is 1.18 bits per heavy atom. The molecule has 4 aromatic rings. The van der Waals surface area contributed by atoms with E-state index < -0.39 is 0 Å². The highest BCUT2D eigenvalue weighted by Crippen LogP contribution is 2.30. The Labute approximate surface area is 202 Å². The molecule has 0 atom stereocenters. The number of aromatic amines is 1. The molecule has 1 aromatic carbocycles. The summed E-state index contributed by atoms with van der Waals surface area (Å²) in [6.07, 6.45) is 5.66. The summed E-state index contributed by atoms with van der Waals surface area (Å²) in [5.74, 6) is 0.699. The number of hydrogen-bond acceptors (Lipinski definition) is 5. The average Bonchev–Trinajstić information content (AvgIpc) is 3.23. The van der Waals surface area contributed by atoms with Crippen LogP contribution in [0.1, 0.15) is 19.4 Å². The number of anilines is 1. The van der Waals surface area contributed by atoms with Gasteiger partial charge < -0.3 is 23.9 Å². The molecule has 0 radical (unpaired) electrons. The van der Waals surface area contributed by atoms with E-state index in [-0.39, 0.29) is 11.7 Å². The van der Waals surface area contributed by atoms with Gasteiger partial charge in [-0.05, 0) is 55.3 Å². The molecule has 0 saturated carbocycles. The summed E-state index contributed by atoms with van der Waals surface area (Å²) in [6, 6.07) is 11.3. The number of pyridine rings is 2. The highest BCUT2D eigenvalue weighted by Gasteiger charge is 2.15. The normalized spacial score (nSPS) is 14.2. The topological polar surface area (TPSA) is 72.4 Å². The molecule has 1 N–H and O–H groups in total. The third-order valence-electron chi connectivity index (χ3n) is 5.86. The molecule has 0 spiro atoms. The Balaban J connectivity index is 1.43. The first-order chi connectivity index (χ1) is 16.5. The fraction of sp³-hybridized carbons (Fsp3) is 0.308. The summed E-state index contributed by atoms with van der Waals surface area (Å²) in [6.45, 7) is 7.46. The molecule has 0 aliphatic carbocycles. The van der Waals surface area contributed by atoms with Crippen LogP contribution >= 0.6 is 11.6 Å². The number of nitrogens with one attached hydrogen (secondary N) is 1. The maximum atomic E-state index is 13.0. The minimum Gasteiger partial charge on any atom is -0.491 e. The molecule has 0 amide bonds. The summed E-state index contributed by atoms with van der Waals surface area (Å²) in [7, 11) is 0. The molecule has 0 bridgehead atoms. The maximum Gasteiger partial charge on any atom is 0.251 e. The molecule has 3 aromatic heterocycles. The van der Waals surface area contributed by atoms with Crippen molar-refractivity contribution in [3.05, 3.63) is 75.9 Å². The van der Waals surface area contributed by atoms with E-state index in [9.17, 15) is 4.79 Å². The van der Waals surface area contributed by atoms with E-state index in [0.29, 0.717) is 30.5 Å². The van der Waals surface area contributed by atoms with Crippen LogP contribution in [0.15, 0.2) is 59.8 Å². The second-order valence-corrected chi connectivity index (χ2v) is 9.17. The van der Waals surface area contributed by atoms with Gasteiger partial charge in [0.2, 0.25) is 0 Å². The number of benzene rings is 1. The second-order valence-electron chi connectivity index (χ2n) is 8.73. The van der Waals surface area contributed by atoms with Crippen molar-refractivity contribution in [3.63, 3.8) is 0 Å². The highest BCUT2D eigenvalue weighted by atomic mass is 35.5. The van der Waals surface area contributed by atoms with Gasteiger partial charge in [0.25, 0.3) is 5.56 Å². The van der Waals surface area contributed by atoms with Crippen LogP contribution in [0, 0.1) is 0 Å². The van der Waals surface area contributed by atoms with Crippen LogP contribution in [0.5, 0.6) is 5.75 Å². The molecule has 7 nitrogen and oxygen atoms in total. The van der Waals surface area contributed by atoms with Crippen molar-refractivity contribution in [2.75, 3.05) is 31.2 Å². The molecule has 4 heterocycles. The zero-order valence-corrected chi connectivity index (χ0v) is 20.0. The van der Waals surface area contributed by atoms with E-state index in [1.807, 2.05) is 50.6 Å². The SMILES string of the molecule is CC(C)Oc1cc(Cl)cc(Cn2ccc(-c3c[nH]c4ncc(N5CCOCC5)cc34)cc2=O)c1. The summed E-state index contributed by atoms with van der Waals surface area (Å²) >= 11 is 6.27. The minimum atomic E-state index is -0.0875. The maximum absolute atomic E-state index is 13.0. The molecule has 1 fully saturated rings. The standard InChI is InChI=1S/C26H27ClN4O3/c1-17(2)34-22-10-18(9-20(27)12-22)16-31-4-3-19(11-25(31)32)24-15-29-26-23(24)13-21(14-28-26)30-5-7-33-8-6-30/h3-4,9-15,17H,5-8,16H2,1-2H3,(H,28,29). The van der Waals surface area contributed by atoms with E-state index in [1.165, 1.54) is 0 Å². The largest absolute Gasteiger partial charge is 0.491 e. The Hall–Kier alpha value is -3.29. The van der Waals surface area contributed by atoms with Gasteiger partial charge in [-0.2, -0.15) is 0 Å². The smallest absolute Gasteiger partial charge is 0.251 e. The van der Waals surface area contributed by atoms with Crippen LogP contribution in [-0.2, 0) is 11.3 Å². The van der Waals surface area contributed by atoms with E-state index >= 15 is 0 Å². The fourth-order valence-corrected chi connectivity index (χ4v) is 4.53. The van der Waals surface area contributed by atoms with Crippen LogP contribution < -0.4 is 15.2 Å². The monoisotopic (exact) mass is 478 g/mol. The number of ether oxygens (including phenoxy) is 2. The highest BCUT2D eigenvalue weighted by molar-refractivity contribution is 6.30. The van der Waals surface area contributed by atoms with E-state index in [2.05, 4.69) is 20.9 Å². The van der Waals surface area contributed by atoms with Gasteiger partial charge in [-0.15, -0.1) is 0 Å².